The molecule has 1 heterocycles. The Labute approximate surface area is 129 Å². The van der Waals surface area contributed by atoms with Crippen molar-refractivity contribution < 1.29 is 9.53 Å². The van der Waals surface area contributed by atoms with E-state index in [1.807, 2.05) is 13.0 Å². The Morgan fingerprint density at radius 3 is 3.00 bits per heavy atom. The highest BCUT2D eigenvalue weighted by Gasteiger charge is 2.26. The fraction of sp³-hybridized carbons (Fsp3) is 0.500. The molecule has 20 heavy (non-hydrogen) atoms. The highest BCUT2D eigenvalue weighted by atomic mass is 35.5. The first-order valence-electron chi connectivity index (χ1n) is 6.71. The molecule has 6 heteroatoms. The fourth-order valence-electron chi connectivity index (χ4n) is 2.13. The van der Waals surface area contributed by atoms with Gasteiger partial charge in [0.15, 0.2) is 0 Å². The second-order valence-corrected chi connectivity index (χ2v) is 5.55. The fourth-order valence-corrected chi connectivity index (χ4v) is 2.66. The number of hydrogen-bond donors (Lipinski definition) is 1. The van der Waals surface area contributed by atoms with Crippen LogP contribution in [0.4, 0.5) is 4.79 Å². The van der Waals surface area contributed by atoms with Gasteiger partial charge in [0.25, 0.3) is 0 Å². The van der Waals surface area contributed by atoms with Gasteiger partial charge in [-0.2, -0.15) is 0 Å². The summed E-state index contributed by atoms with van der Waals surface area (Å²) in [6, 6.07) is 5.27. The first-order chi connectivity index (χ1) is 9.61. The zero-order valence-electron chi connectivity index (χ0n) is 11.4. The summed E-state index contributed by atoms with van der Waals surface area (Å²) >= 11 is 12.1. The molecule has 110 valence electrons. The van der Waals surface area contributed by atoms with Crippen LogP contribution in [0.25, 0.3) is 0 Å². The van der Waals surface area contributed by atoms with E-state index in [0.717, 1.165) is 12.0 Å². The van der Waals surface area contributed by atoms with Gasteiger partial charge in [0.1, 0.15) is 6.10 Å². The van der Waals surface area contributed by atoms with Gasteiger partial charge in [0.05, 0.1) is 13.2 Å². The molecule has 1 aromatic carbocycles. The number of morpholine rings is 1. The van der Waals surface area contributed by atoms with Crippen LogP contribution in [0.2, 0.25) is 10.0 Å². The molecule has 1 aliphatic rings. The molecule has 0 saturated carbocycles. The van der Waals surface area contributed by atoms with Gasteiger partial charge < -0.3 is 15.0 Å². The first-order valence-corrected chi connectivity index (χ1v) is 7.46. The molecule has 2 rings (SSSR count). The minimum absolute atomic E-state index is 0.0507. The third kappa shape index (κ3) is 3.78. The van der Waals surface area contributed by atoms with Crippen LogP contribution in [-0.2, 0) is 4.74 Å². The van der Waals surface area contributed by atoms with Crippen molar-refractivity contribution >= 4 is 29.2 Å². The number of halogens is 2. The summed E-state index contributed by atoms with van der Waals surface area (Å²) in [6.45, 7) is 4.30. The second kappa shape index (κ2) is 7.16. The maximum absolute atomic E-state index is 12.0. The van der Waals surface area contributed by atoms with Crippen molar-refractivity contribution in [3.63, 3.8) is 0 Å². The Balaban J connectivity index is 2.04. The molecule has 1 aliphatic heterocycles. The summed E-state index contributed by atoms with van der Waals surface area (Å²) in [6.07, 6.45) is 0.712. The number of benzene rings is 1. The lowest BCUT2D eigenvalue weighted by Crippen LogP contribution is -2.47. The number of nitrogens with zero attached hydrogens (tertiary/aromatic N) is 1. The lowest BCUT2D eigenvalue weighted by atomic mass is 10.1. The summed E-state index contributed by atoms with van der Waals surface area (Å²) in [5.41, 5.74) is 0.865. The quantitative estimate of drug-likeness (QED) is 0.927. The first kappa shape index (κ1) is 15.4. The van der Waals surface area contributed by atoms with Crippen molar-refractivity contribution in [2.75, 3.05) is 26.2 Å². The smallest absolute Gasteiger partial charge is 0.317 e. The van der Waals surface area contributed by atoms with Crippen LogP contribution in [0, 0.1) is 0 Å². The number of ether oxygens (including phenoxy) is 1. The summed E-state index contributed by atoms with van der Waals surface area (Å²) in [7, 11) is 0. The molecule has 1 aromatic rings. The number of amides is 2. The third-order valence-electron chi connectivity index (χ3n) is 3.19. The molecule has 0 radical (unpaired) electrons. The third-order valence-corrected chi connectivity index (χ3v) is 3.75. The molecule has 1 unspecified atom stereocenters. The Bertz CT molecular complexity index is 482. The zero-order valence-corrected chi connectivity index (χ0v) is 12.9. The van der Waals surface area contributed by atoms with Gasteiger partial charge in [-0.05, 0) is 18.6 Å². The molecule has 0 spiro atoms. The minimum Gasteiger partial charge on any atom is -0.370 e. The molecule has 1 saturated heterocycles. The molecule has 1 atom stereocenters. The van der Waals surface area contributed by atoms with E-state index in [1.165, 1.54) is 0 Å². The molecule has 0 aromatic heterocycles. The Kier molecular flexibility index (Phi) is 5.52. The minimum atomic E-state index is -0.208. The average Bonchev–Trinajstić information content (AvgIpc) is 2.45. The van der Waals surface area contributed by atoms with Gasteiger partial charge in [0.2, 0.25) is 0 Å². The molecule has 0 aliphatic carbocycles. The maximum Gasteiger partial charge on any atom is 0.317 e. The van der Waals surface area contributed by atoms with E-state index in [0.29, 0.717) is 36.3 Å². The molecular weight excluding hydrogens is 299 g/mol. The SMILES string of the molecule is CCCNC(=O)N1CCOC(c2ccc(Cl)cc2Cl)C1. The van der Waals surface area contributed by atoms with Crippen LogP contribution in [0.3, 0.4) is 0 Å². The largest absolute Gasteiger partial charge is 0.370 e. The molecule has 4 nitrogen and oxygen atoms in total. The van der Waals surface area contributed by atoms with Crippen LogP contribution in [0.15, 0.2) is 18.2 Å². The normalized spacial score (nSPS) is 18.9. The number of nitrogens with one attached hydrogen (secondary N) is 1. The molecule has 0 bridgehead atoms. The predicted molar refractivity (Wildman–Crippen MR) is 80.4 cm³/mol. The molecule has 1 fully saturated rings. The highest BCUT2D eigenvalue weighted by molar-refractivity contribution is 6.35. The molecular formula is C14H18Cl2N2O2. The lowest BCUT2D eigenvalue weighted by Gasteiger charge is -2.33. The Hall–Kier alpha value is -0.970. The van der Waals surface area contributed by atoms with Crippen molar-refractivity contribution in [2.45, 2.75) is 19.4 Å². The number of hydrogen-bond acceptors (Lipinski definition) is 2. The van der Waals surface area contributed by atoms with Gasteiger partial charge in [-0.1, -0.05) is 36.2 Å². The van der Waals surface area contributed by atoms with Crippen LogP contribution >= 0.6 is 23.2 Å². The number of rotatable bonds is 3. The summed E-state index contributed by atoms with van der Waals surface area (Å²) in [4.78, 5) is 13.7. The van der Waals surface area contributed by atoms with Crippen molar-refractivity contribution in [3.05, 3.63) is 33.8 Å². The van der Waals surface area contributed by atoms with Crippen molar-refractivity contribution in [2.24, 2.45) is 0 Å². The average molecular weight is 317 g/mol. The van der Waals surface area contributed by atoms with Crippen LogP contribution < -0.4 is 5.32 Å². The second-order valence-electron chi connectivity index (χ2n) is 4.70. The predicted octanol–water partition coefficient (Wildman–Crippen LogP) is 3.49. The van der Waals surface area contributed by atoms with Crippen molar-refractivity contribution in [3.8, 4) is 0 Å². The lowest BCUT2D eigenvalue weighted by molar-refractivity contribution is -0.0153. The topological polar surface area (TPSA) is 41.6 Å². The number of carbonyl (C=O) groups is 1. The molecule has 1 N–H and O–H groups in total. The standard InChI is InChI=1S/C14H18Cl2N2O2/c1-2-5-17-14(19)18-6-7-20-13(9-18)11-4-3-10(15)8-12(11)16/h3-4,8,13H,2,5-7,9H2,1H3,(H,17,19). The summed E-state index contributed by atoms with van der Waals surface area (Å²) < 4.78 is 5.72. The number of carbonyl (C=O) groups excluding carboxylic acids is 1. The van der Waals surface area contributed by atoms with E-state index in [-0.39, 0.29) is 12.1 Å². The summed E-state index contributed by atoms with van der Waals surface area (Å²) in [5, 5.41) is 4.03. The van der Waals surface area contributed by atoms with Crippen LogP contribution in [-0.4, -0.2) is 37.2 Å². The van der Waals surface area contributed by atoms with Gasteiger partial charge in [-0.3, -0.25) is 0 Å². The van der Waals surface area contributed by atoms with Gasteiger partial charge >= 0.3 is 6.03 Å². The van der Waals surface area contributed by atoms with E-state index in [2.05, 4.69) is 5.32 Å². The van der Waals surface area contributed by atoms with Gasteiger partial charge in [-0.25, -0.2) is 4.79 Å². The van der Waals surface area contributed by atoms with E-state index in [1.54, 1.807) is 17.0 Å². The van der Waals surface area contributed by atoms with Crippen molar-refractivity contribution in [1.82, 2.24) is 10.2 Å². The van der Waals surface area contributed by atoms with E-state index in [9.17, 15) is 4.79 Å². The molecule has 2 amide bonds. The Morgan fingerprint density at radius 1 is 1.50 bits per heavy atom. The number of urea groups is 1. The maximum atomic E-state index is 12.0. The van der Waals surface area contributed by atoms with Crippen molar-refractivity contribution in [1.29, 1.82) is 0 Å². The van der Waals surface area contributed by atoms with Gasteiger partial charge in [-0.15, -0.1) is 0 Å². The summed E-state index contributed by atoms with van der Waals surface area (Å²) in [5.74, 6) is 0. The Morgan fingerprint density at radius 2 is 2.30 bits per heavy atom. The van der Waals surface area contributed by atoms with E-state index < -0.39 is 0 Å². The van der Waals surface area contributed by atoms with Crippen LogP contribution in [0.5, 0.6) is 0 Å². The van der Waals surface area contributed by atoms with Gasteiger partial charge in [0, 0.05) is 28.7 Å². The van der Waals surface area contributed by atoms with E-state index >= 15 is 0 Å². The monoisotopic (exact) mass is 316 g/mol. The highest BCUT2D eigenvalue weighted by Crippen LogP contribution is 2.30. The zero-order chi connectivity index (χ0) is 14.5. The van der Waals surface area contributed by atoms with E-state index in [4.69, 9.17) is 27.9 Å². The van der Waals surface area contributed by atoms with Crippen LogP contribution in [0.1, 0.15) is 25.0 Å².